The molecule has 4 aliphatic rings. The van der Waals surface area contributed by atoms with E-state index in [2.05, 4.69) is 32.8 Å². The maximum absolute atomic E-state index is 15.1. The van der Waals surface area contributed by atoms with Gasteiger partial charge in [0.2, 0.25) is 35.4 Å². The Morgan fingerprint density at radius 3 is 2.33 bits per heavy atom. The van der Waals surface area contributed by atoms with E-state index in [0.717, 1.165) is 36.8 Å². The summed E-state index contributed by atoms with van der Waals surface area (Å²) in [7, 11) is -3.43. The summed E-state index contributed by atoms with van der Waals surface area (Å²) in [6, 6.07) is 10.7. The molecule has 7 amide bonds. The molecule has 22 nitrogen and oxygen atoms in total. The SMILES string of the molecule is C=C1CCC(n2c(=O)n(C)c3cc(CC[C@H]4CC[C@@H](C(=O)N5CC[C@H]6CC[C@@H](C(=O)N[C@@H](CCC(N)=O)C(=O)NCc7ccc(C(C)C)c(F)c7)N6C(=O)[C@@H](NC(=O)c6cc7cc(C(=O)P(=O)(O)O)ccc7[nH]6)C5)CC4)ccc32)C(=O)N1. The minimum absolute atomic E-state index is 0.0679. The van der Waals surface area contributed by atoms with Gasteiger partial charge in [-0.25, -0.2) is 9.18 Å². The smallest absolute Gasteiger partial charge is 0.370 e. The van der Waals surface area contributed by atoms with Crippen molar-refractivity contribution in [1.29, 1.82) is 0 Å². The molecule has 82 heavy (non-hydrogen) atoms. The molecule has 5 heterocycles. The van der Waals surface area contributed by atoms with Gasteiger partial charge in [-0.3, -0.25) is 52.1 Å². The molecule has 3 aliphatic heterocycles. The Kier molecular flexibility index (Phi) is 17.5. The van der Waals surface area contributed by atoms with Crippen LogP contribution in [0, 0.1) is 17.7 Å². The van der Waals surface area contributed by atoms with Crippen molar-refractivity contribution >= 4 is 76.4 Å². The maximum Gasteiger partial charge on any atom is 0.396 e. The van der Waals surface area contributed by atoms with Crippen LogP contribution in [-0.2, 0) is 53.3 Å². The summed E-state index contributed by atoms with van der Waals surface area (Å²) < 4.78 is 29.7. The molecule has 5 aromatic rings. The van der Waals surface area contributed by atoms with Crippen molar-refractivity contribution < 1.29 is 57.1 Å². The van der Waals surface area contributed by atoms with Crippen molar-refractivity contribution in [3.63, 3.8) is 0 Å². The Balaban J connectivity index is 0.893. The van der Waals surface area contributed by atoms with Gasteiger partial charge in [0.05, 0.1) is 11.0 Å². The largest absolute Gasteiger partial charge is 0.396 e. The van der Waals surface area contributed by atoms with E-state index in [9.17, 15) is 57.1 Å². The Hall–Kier alpha value is -7.75. The molecule has 436 valence electrons. The molecule has 9 rings (SSSR count). The average Bonchev–Trinajstić information content (AvgIpc) is 3.23. The number of nitrogens with one attached hydrogen (secondary N) is 5. The number of fused-ring (bicyclic) bond motifs is 3. The summed E-state index contributed by atoms with van der Waals surface area (Å²) in [4.78, 5) is 148. The molecular formula is C58H70FN10O12P. The van der Waals surface area contributed by atoms with Crippen LogP contribution in [0.5, 0.6) is 0 Å². The number of aryl methyl sites for hydroxylation is 2. The molecule has 24 heteroatoms. The highest BCUT2D eigenvalue weighted by molar-refractivity contribution is 7.70. The van der Waals surface area contributed by atoms with Crippen molar-refractivity contribution in [2.24, 2.45) is 24.6 Å². The fourth-order valence-electron chi connectivity index (χ4n) is 12.2. The summed E-state index contributed by atoms with van der Waals surface area (Å²) in [5, 5.41) is 11.3. The van der Waals surface area contributed by atoms with Gasteiger partial charge in [-0.1, -0.05) is 38.6 Å². The first-order valence-corrected chi connectivity index (χ1v) is 29.5. The Labute approximate surface area is 471 Å². The third-order valence-electron chi connectivity index (χ3n) is 16.8. The first kappa shape index (κ1) is 58.9. The Morgan fingerprint density at radius 2 is 1.63 bits per heavy atom. The molecule has 2 aromatic heterocycles. The fraction of sp³-hybridized carbons (Fsp3) is 0.466. The van der Waals surface area contributed by atoms with E-state index in [1.54, 1.807) is 33.2 Å². The minimum atomic E-state index is -5.13. The zero-order valence-electron chi connectivity index (χ0n) is 46.1. The summed E-state index contributed by atoms with van der Waals surface area (Å²) in [5.41, 5.74) is 7.83. The summed E-state index contributed by atoms with van der Waals surface area (Å²) in [6.45, 7) is 7.41. The van der Waals surface area contributed by atoms with Gasteiger partial charge in [0.1, 0.15) is 35.7 Å². The second-order valence-corrected chi connectivity index (χ2v) is 24.2. The van der Waals surface area contributed by atoms with E-state index >= 15 is 4.79 Å². The highest BCUT2D eigenvalue weighted by Gasteiger charge is 2.47. The molecule has 3 saturated heterocycles. The standard InChI is InChI=1S/C58H70FN10O12P/c1-31(2)40-16-10-35(25-41(40)59)29-61-51(71)43(18-22-50(60)70)64-54(74)47-21-15-39-23-24-67(30-45(56(76)68(39)47)65-52(72)44-28-38-27-37(14-17-42(38)63-44)57(77)82(79,80)81)55(75)36-12-8-33(9-13-36)6-7-34-11-20-46-49(26-34)66(4)58(78)69(46)48-19-5-32(3)62-53(48)73/h10-11,14,16-17,20,25-28,31,33,36,39,43,45,47-48,63H,3,5-9,12-13,15,18-19,21-24,29-30H2,1-2,4H3,(H2,60,70)(H,61,71)(H,62,73)(H,64,74)(H,65,72)(H2,79,80,81)/t33-,36+,39-,43+,45+,47+,48?/m1/s1. The van der Waals surface area contributed by atoms with Crippen LogP contribution in [0.4, 0.5) is 4.39 Å². The van der Waals surface area contributed by atoms with Crippen LogP contribution in [0.2, 0.25) is 0 Å². The quantitative estimate of drug-likeness (QED) is 0.0560. The zero-order valence-corrected chi connectivity index (χ0v) is 47.0. The van der Waals surface area contributed by atoms with Crippen molar-refractivity contribution in [2.45, 2.75) is 140 Å². The fourth-order valence-corrected chi connectivity index (χ4v) is 12.7. The number of nitrogens with zero attached hydrogens (tertiary/aromatic N) is 4. The topological polar surface area (TPSA) is 317 Å². The number of halogens is 1. The molecule has 0 spiro atoms. The number of imidazole rings is 1. The molecule has 0 bridgehead atoms. The van der Waals surface area contributed by atoms with E-state index in [-0.39, 0.29) is 84.9 Å². The summed E-state index contributed by atoms with van der Waals surface area (Å²) >= 11 is 0. The molecule has 4 fully saturated rings. The second-order valence-electron chi connectivity index (χ2n) is 22.7. The number of rotatable bonds is 18. The monoisotopic (exact) mass is 1150 g/mol. The molecule has 1 saturated carbocycles. The number of nitrogens with two attached hydrogens (primary N) is 1. The van der Waals surface area contributed by atoms with Gasteiger partial charge in [0, 0.05) is 67.2 Å². The van der Waals surface area contributed by atoms with Crippen molar-refractivity contribution in [3.8, 4) is 0 Å². The molecule has 9 N–H and O–H groups in total. The molecule has 1 unspecified atom stereocenters. The number of carbonyl (C=O) groups excluding carboxylic acids is 8. The van der Waals surface area contributed by atoms with E-state index in [4.69, 9.17) is 5.73 Å². The van der Waals surface area contributed by atoms with Gasteiger partial charge in [-0.05, 0) is 148 Å². The first-order chi connectivity index (χ1) is 38.9. The van der Waals surface area contributed by atoms with Crippen LogP contribution in [0.3, 0.4) is 0 Å². The predicted octanol–water partition coefficient (Wildman–Crippen LogP) is 4.56. The number of amides is 7. The maximum atomic E-state index is 15.1. The van der Waals surface area contributed by atoms with Crippen LogP contribution in [0.1, 0.15) is 140 Å². The van der Waals surface area contributed by atoms with Gasteiger partial charge in [0.25, 0.3) is 11.4 Å². The normalized spacial score (nSPS) is 21.9. The van der Waals surface area contributed by atoms with Crippen LogP contribution in [0.15, 0.2) is 77.7 Å². The predicted molar refractivity (Wildman–Crippen MR) is 300 cm³/mol. The van der Waals surface area contributed by atoms with Crippen LogP contribution in [0.25, 0.3) is 21.9 Å². The molecule has 1 aliphatic carbocycles. The number of hydrogen-bond donors (Lipinski definition) is 8. The number of aromatic amines is 1. The van der Waals surface area contributed by atoms with Crippen LogP contribution >= 0.6 is 7.60 Å². The van der Waals surface area contributed by atoms with Crippen molar-refractivity contribution in [2.75, 3.05) is 13.1 Å². The number of hydrogen-bond acceptors (Lipinski definition) is 10. The lowest BCUT2D eigenvalue weighted by Crippen LogP contribution is -2.62. The second kappa shape index (κ2) is 24.4. The van der Waals surface area contributed by atoms with Gasteiger partial charge < -0.3 is 51.6 Å². The van der Waals surface area contributed by atoms with Gasteiger partial charge in [-0.2, -0.15) is 0 Å². The zero-order chi connectivity index (χ0) is 58.9. The van der Waals surface area contributed by atoms with Crippen LogP contribution in [-0.4, -0.2) is 118 Å². The lowest BCUT2D eigenvalue weighted by molar-refractivity contribution is -0.147. The van der Waals surface area contributed by atoms with E-state index in [1.807, 2.05) is 32.0 Å². The third kappa shape index (κ3) is 12.8. The molecular weight excluding hydrogens is 1080 g/mol. The van der Waals surface area contributed by atoms with E-state index in [0.29, 0.717) is 72.3 Å². The highest BCUT2D eigenvalue weighted by Crippen LogP contribution is 2.40. The average molecular weight is 1150 g/mol. The van der Waals surface area contributed by atoms with Gasteiger partial charge in [-0.15, -0.1) is 0 Å². The summed E-state index contributed by atoms with van der Waals surface area (Å²) in [5.74, 6) is -4.53. The number of benzene rings is 3. The highest BCUT2D eigenvalue weighted by atomic mass is 31.2. The minimum Gasteiger partial charge on any atom is -0.370 e. The van der Waals surface area contributed by atoms with E-state index in [1.165, 1.54) is 35.2 Å². The molecule has 5 atom stereocenters. The number of primary amides is 1. The third-order valence-corrected chi connectivity index (χ3v) is 17.6. The number of H-pyrrole nitrogens is 1. The van der Waals surface area contributed by atoms with Gasteiger partial charge >= 0.3 is 13.3 Å². The molecule has 0 radical (unpaired) electrons. The lowest BCUT2D eigenvalue weighted by atomic mass is 9.79. The Morgan fingerprint density at radius 1 is 0.890 bits per heavy atom. The molecule has 3 aromatic carbocycles. The van der Waals surface area contributed by atoms with E-state index < -0.39 is 78.7 Å². The van der Waals surface area contributed by atoms with Gasteiger partial charge in [0.15, 0.2) is 0 Å². The number of piperidine rings is 1. The number of aromatic nitrogens is 3. The summed E-state index contributed by atoms with van der Waals surface area (Å²) in [6.07, 6.45) is 5.70. The van der Waals surface area contributed by atoms with Crippen molar-refractivity contribution in [1.82, 2.24) is 45.2 Å². The lowest BCUT2D eigenvalue weighted by Gasteiger charge is -2.40. The number of allylic oxidation sites excluding steroid dienone is 1. The Bertz CT molecular complexity index is 3500. The number of carbonyl (C=O) groups is 8. The van der Waals surface area contributed by atoms with Crippen molar-refractivity contribution in [3.05, 3.63) is 117 Å². The first-order valence-electron chi connectivity index (χ1n) is 27.9. The van der Waals surface area contributed by atoms with Crippen LogP contribution < -0.4 is 32.7 Å².